The van der Waals surface area contributed by atoms with Gasteiger partial charge in [-0.05, 0) is 26.0 Å². The first-order valence-corrected chi connectivity index (χ1v) is 4.95. The van der Waals surface area contributed by atoms with E-state index in [2.05, 4.69) is 15.0 Å². The van der Waals surface area contributed by atoms with Crippen LogP contribution in [0.3, 0.4) is 0 Å². The minimum Gasteiger partial charge on any atom is -0.378 e. The molecule has 0 bridgehead atoms. The van der Waals surface area contributed by atoms with E-state index in [-0.39, 0.29) is 5.60 Å². The Bertz CT molecular complexity index is 429. The van der Waals surface area contributed by atoms with Gasteiger partial charge in [-0.1, -0.05) is 0 Å². The first-order chi connectivity index (χ1) is 7.11. The molecule has 4 nitrogen and oxygen atoms in total. The van der Waals surface area contributed by atoms with Crippen molar-refractivity contribution in [3.63, 3.8) is 0 Å². The molecule has 2 heterocycles. The van der Waals surface area contributed by atoms with Crippen molar-refractivity contribution in [2.45, 2.75) is 25.9 Å². The minimum absolute atomic E-state index is 0.201. The van der Waals surface area contributed by atoms with Gasteiger partial charge in [-0.2, -0.15) is 0 Å². The van der Waals surface area contributed by atoms with Gasteiger partial charge in [0, 0.05) is 19.7 Å². The lowest BCUT2D eigenvalue weighted by molar-refractivity contribution is 0.0218. The molecule has 80 valence electrons. The summed E-state index contributed by atoms with van der Waals surface area (Å²) < 4.78 is 5.36. The molecule has 0 fully saturated rings. The highest BCUT2D eigenvalue weighted by atomic mass is 16.5. The van der Waals surface area contributed by atoms with Crippen molar-refractivity contribution >= 4 is 11.2 Å². The van der Waals surface area contributed by atoms with E-state index in [0.29, 0.717) is 0 Å². The predicted molar refractivity (Wildman–Crippen MR) is 58.7 cm³/mol. The number of nitrogens with zero attached hydrogens (tertiary/aromatic N) is 2. The van der Waals surface area contributed by atoms with E-state index < -0.39 is 0 Å². The molecule has 0 unspecified atom stereocenters. The number of aromatic nitrogens is 3. The van der Waals surface area contributed by atoms with Crippen molar-refractivity contribution in [3.05, 3.63) is 24.2 Å². The number of nitrogens with one attached hydrogen (secondary N) is 1. The molecule has 2 rings (SSSR count). The van der Waals surface area contributed by atoms with Crippen LogP contribution in [0.15, 0.2) is 18.3 Å². The number of aromatic amines is 1. The number of hydrogen-bond acceptors (Lipinski definition) is 3. The summed E-state index contributed by atoms with van der Waals surface area (Å²) >= 11 is 0. The smallest absolute Gasteiger partial charge is 0.177 e. The van der Waals surface area contributed by atoms with E-state index >= 15 is 0 Å². The molecular weight excluding hydrogens is 190 g/mol. The van der Waals surface area contributed by atoms with Crippen LogP contribution in [0.5, 0.6) is 0 Å². The minimum atomic E-state index is -0.201. The maximum absolute atomic E-state index is 5.36. The average molecular weight is 205 g/mol. The van der Waals surface area contributed by atoms with Crippen LogP contribution in [0.4, 0.5) is 0 Å². The second-order valence-corrected chi connectivity index (χ2v) is 4.20. The van der Waals surface area contributed by atoms with Gasteiger partial charge in [0.1, 0.15) is 5.82 Å². The van der Waals surface area contributed by atoms with Crippen molar-refractivity contribution in [2.24, 2.45) is 0 Å². The van der Waals surface area contributed by atoms with Crippen LogP contribution in [-0.4, -0.2) is 27.7 Å². The quantitative estimate of drug-likeness (QED) is 0.832. The summed E-state index contributed by atoms with van der Waals surface area (Å²) in [7, 11) is 1.71. The van der Waals surface area contributed by atoms with Gasteiger partial charge in [-0.15, -0.1) is 0 Å². The average Bonchev–Trinajstić information content (AvgIpc) is 2.58. The summed E-state index contributed by atoms with van der Waals surface area (Å²) in [6, 6.07) is 3.87. The zero-order chi connectivity index (χ0) is 10.9. The first-order valence-electron chi connectivity index (χ1n) is 4.95. The predicted octanol–water partition coefficient (Wildman–Crippen LogP) is 1.93. The molecule has 4 heteroatoms. The molecule has 2 aromatic rings. The molecule has 0 saturated carbocycles. The Morgan fingerprint density at radius 2 is 2.27 bits per heavy atom. The number of imidazole rings is 1. The molecular formula is C11H15N3O. The second-order valence-electron chi connectivity index (χ2n) is 4.20. The third kappa shape index (κ3) is 2.15. The van der Waals surface area contributed by atoms with Crippen molar-refractivity contribution in [1.29, 1.82) is 0 Å². The Morgan fingerprint density at radius 3 is 2.93 bits per heavy atom. The fraction of sp³-hybridized carbons (Fsp3) is 0.455. The number of fused-ring (bicyclic) bond motifs is 1. The third-order valence-corrected chi connectivity index (χ3v) is 2.45. The lowest BCUT2D eigenvalue weighted by atomic mass is 10.1. The van der Waals surface area contributed by atoms with E-state index in [1.54, 1.807) is 13.3 Å². The number of methoxy groups -OCH3 is 1. The van der Waals surface area contributed by atoms with E-state index in [9.17, 15) is 0 Å². The zero-order valence-electron chi connectivity index (χ0n) is 9.24. The molecule has 0 aromatic carbocycles. The topological polar surface area (TPSA) is 50.8 Å². The van der Waals surface area contributed by atoms with Gasteiger partial charge < -0.3 is 9.72 Å². The van der Waals surface area contributed by atoms with Crippen LogP contribution < -0.4 is 0 Å². The molecule has 0 aliphatic rings. The van der Waals surface area contributed by atoms with E-state index in [0.717, 1.165) is 23.4 Å². The maximum Gasteiger partial charge on any atom is 0.177 e. The van der Waals surface area contributed by atoms with Crippen molar-refractivity contribution in [2.75, 3.05) is 7.11 Å². The Kier molecular flexibility index (Phi) is 2.44. The van der Waals surface area contributed by atoms with Crippen molar-refractivity contribution < 1.29 is 4.74 Å². The summed E-state index contributed by atoms with van der Waals surface area (Å²) in [5.74, 6) is 0.913. The van der Waals surface area contributed by atoms with E-state index in [1.165, 1.54) is 0 Å². The number of H-pyrrole nitrogens is 1. The maximum atomic E-state index is 5.36. The molecule has 0 atom stereocenters. The molecule has 15 heavy (non-hydrogen) atoms. The Labute approximate surface area is 88.7 Å². The van der Waals surface area contributed by atoms with Gasteiger partial charge in [0.25, 0.3) is 0 Å². The van der Waals surface area contributed by atoms with Crippen LogP contribution >= 0.6 is 0 Å². The highest BCUT2D eigenvalue weighted by Gasteiger charge is 2.19. The largest absolute Gasteiger partial charge is 0.378 e. The SMILES string of the molecule is COC(C)(C)Cc1nc2ncccc2[nH]1. The highest BCUT2D eigenvalue weighted by Crippen LogP contribution is 2.16. The fourth-order valence-electron chi connectivity index (χ4n) is 1.45. The first kappa shape index (κ1) is 10.1. The normalized spacial score (nSPS) is 12.2. The molecule has 0 spiro atoms. The molecule has 0 saturated heterocycles. The Balaban J connectivity index is 2.30. The fourth-order valence-corrected chi connectivity index (χ4v) is 1.45. The van der Waals surface area contributed by atoms with Gasteiger partial charge in [0.05, 0.1) is 11.1 Å². The van der Waals surface area contributed by atoms with Crippen LogP contribution in [0, 0.1) is 0 Å². The molecule has 0 aliphatic heterocycles. The summed E-state index contributed by atoms with van der Waals surface area (Å²) in [4.78, 5) is 11.8. The monoisotopic (exact) mass is 205 g/mol. The van der Waals surface area contributed by atoms with Gasteiger partial charge in [-0.3, -0.25) is 0 Å². The second kappa shape index (κ2) is 3.62. The highest BCUT2D eigenvalue weighted by molar-refractivity contribution is 5.69. The van der Waals surface area contributed by atoms with Gasteiger partial charge in [0.2, 0.25) is 0 Å². The van der Waals surface area contributed by atoms with Gasteiger partial charge in [-0.25, -0.2) is 9.97 Å². The lowest BCUT2D eigenvalue weighted by Gasteiger charge is -2.20. The number of hydrogen-bond donors (Lipinski definition) is 1. The molecule has 0 amide bonds. The standard InChI is InChI=1S/C11H15N3O/c1-11(2,15-3)7-9-13-8-5-4-6-12-10(8)14-9/h4-6H,7H2,1-3H3,(H,12,13,14). The Morgan fingerprint density at radius 1 is 1.47 bits per heavy atom. The Hall–Kier alpha value is -1.42. The van der Waals surface area contributed by atoms with Crippen molar-refractivity contribution in [3.8, 4) is 0 Å². The number of rotatable bonds is 3. The zero-order valence-corrected chi connectivity index (χ0v) is 9.24. The summed E-state index contributed by atoms with van der Waals surface area (Å²) in [6.45, 7) is 4.07. The summed E-state index contributed by atoms with van der Waals surface area (Å²) in [5.41, 5.74) is 1.53. The van der Waals surface area contributed by atoms with Crippen LogP contribution in [0.1, 0.15) is 19.7 Å². The van der Waals surface area contributed by atoms with E-state index in [1.807, 2.05) is 26.0 Å². The van der Waals surface area contributed by atoms with Gasteiger partial charge in [0.15, 0.2) is 5.65 Å². The number of pyridine rings is 1. The van der Waals surface area contributed by atoms with E-state index in [4.69, 9.17) is 4.74 Å². The van der Waals surface area contributed by atoms with Gasteiger partial charge >= 0.3 is 0 Å². The number of ether oxygens (including phenoxy) is 1. The van der Waals surface area contributed by atoms with Crippen molar-refractivity contribution in [1.82, 2.24) is 15.0 Å². The molecule has 1 N–H and O–H groups in total. The molecule has 2 aromatic heterocycles. The summed E-state index contributed by atoms with van der Waals surface area (Å²) in [6.07, 6.45) is 2.49. The third-order valence-electron chi connectivity index (χ3n) is 2.45. The lowest BCUT2D eigenvalue weighted by Crippen LogP contribution is -2.26. The van der Waals surface area contributed by atoms with Crippen LogP contribution in [-0.2, 0) is 11.2 Å². The van der Waals surface area contributed by atoms with Crippen LogP contribution in [0.2, 0.25) is 0 Å². The molecule has 0 radical (unpaired) electrons. The molecule has 0 aliphatic carbocycles. The van der Waals surface area contributed by atoms with Crippen LogP contribution in [0.25, 0.3) is 11.2 Å². The summed E-state index contributed by atoms with van der Waals surface area (Å²) in [5, 5.41) is 0.